The largest absolute Gasteiger partial charge is 0.370 e. The van der Waals surface area contributed by atoms with Gasteiger partial charge in [-0.25, -0.2) is 9.18 Å². The first-order valence-electron chi connectivity index (χ1n) is 8.06. The average molecular weight is 339 g/mol. The average Bonchev–Trinajstić information content (AvgIpc) is 2.64. The van der Waals surface area contributed by atoms with Crippen molar-refractivity contribution in [1.29, 1.82) is 5.26 Å². The van der Waals surface area contributed by atoms with E-state index in [1.807, 2.05) is 6.07 Å². The first-order chi connectivity index (χ1) is 12.2. The van der Waals surface area contributed by atoms with Crippen LogP contribution in [0.2, 0.25) is 0 Å². The molecule has 6 heteroatoms. The van der Waals surface area contributed by atoms with E-state index in [2.05, 4.69) is 11.4 Å². The summed E-state index contributed by atoms with van der Waals surface area (Å²) < 4.78 is 19.6. The van der Waals surface area contributed by atoms with E-state index in [0.717, 1.165) is 5.56 Å². The molecule has 3 rings (SSSR count). The van der Waals surface area contributed by atoms with Crippen LogP contribution in [0.25, 0.3) is 0 Å². The Morgan fingerprint density at radius 2 is 2.04 bits per heavy atom. The van der Waals surface area contributed by atoms with E-state index in [0.29, 0.717) is 24.4 Å². The van der Waals surface area contributed by atoms with E-state index >= 15 is 0 Å². The molecule has 0 unspecified atom stereocenters. The molecule has 2 aromatic rings. The molecule has 1 aliphatic heterocycles. The molecule has 0 saturated carbocycles. The number of hydrogen-bond acceptors (Lipinski definition) is 3. The van der Waals surface area contributed by atoms with Crippen LogP contribution in [0.1, 0.15) is 17.2 Å². The van der Waals surface area contributed by atoms with Gasteiger partial charge in [0.2, 0.25) is 0 Å². The molecule has 0 radical (unpaired) electrons. The summed E-state index contributed by atoms with van der Waals surface area (Å²) in [5, 5.41) is 11.7. The van der Waals surface area contributed by atoms with Crippen molar-refractivity contribution in [3.05, 3.63) is 65.5 Å². The highest BCUT2D eigenvalue weighted by atomic mass is 19.1. The quantitative estimate of drug-likeness (QED) is 0.931. The van der Waals surface area contributed by atoms with Crippen LogP contribution in [-0.2, 0) is 11.2 Å². The number of ether oxygens (including phenoxy) is 1. The second kappa shape index (κ2) is 7.77. The van der Waals surface area contributed by atoms with Crippen LogP contribution in [0.3, 0.4) is 0 Å². The van der Waals surface area contributed by atoms with Crippen molar-refractivity contribution in [3.63, 3.8) is 0 Å². The van der Waals surface area contributed by atoms with Crippen molar-refractivity contribution in [1.82, 2.24) is 4.90 Å². The number of anilines is 1. The first-order valence-corrected chi connectivity index (χ1v) is 8.06. The van der Waals surface area contributed by atoms with Crippen LogP contribution in [0.15, 0.2) is 48.5 Å². The van der Waals surface area contributed by atoms with Gasteiger partial charge < -0.3 is 15.0 Å². The van der Waals surface area contributed by atoms with Gasteiger partial charge in [-0.1, -0.05) is 36.4 Å². The van der Waals surface area contributed by atoms with Gasteiger partial charge in [0, 0.05) is 17.8 Å². The highest BCUT2D eigenvalue weighted by Crippen LogP contribution is 2.25. The second-order valence-electron chi connectivity index (χ2n) is 5.75. The van der Waals surface area contributed by atoms with Crippen LogP contribution in [0.5, 0.6) is 0 Å². The molecule has 0 spiro atoms. The second-order valence-corrected chi connectivity index (χ2v) is 5.75. The molecule has 128 valence electrons. The number of carbonyl (C=O) groups is 1. The van der Waals surface area contributed by atoms with Crippen molar-refractivity contribution in [2.75, 3.05) is 25.0 Å². The van der Waals surface area contributed by atoms with Gasteiger partial charge >= 0.3 is 6.03 Å². The highest BCUT2D eigenvalue weighted by molar-refractivity contribution is 5.90. The SMILES string of the molecule is N#CCc1ccccc1NC(=O)N1CCO[C@@H](c2ccccc2F)C1. The Bertz CT molecular complexity index is 803. The topological polar surface area (TPSA) is 65.4 Å². The molecule has 2 amide bonds. The zero-order chi connectivity index (χ0) is 17.6. The fraction of sp³-hybridized carbons (Fsp3) is 0.263. The zero-order valence-electron chi connectivity index (χ0n) is 13.6. The number of amides is 2. The van der Waals surface area contributed by atoms with Crippen molar-refractivity contribution in [2.24, 2.45) is 0 Å². The summed E-state index contributed by atoms with van der Waals surface area (Å²) in [6.45, 7) is 1.04. The number of morpholine rings is 1. The molecule has 25 heavy (non-hydrogen) atoms. The molecule has 0 aromatic heterocycles. The minimum absolute atomic E-state index is 0.220. The number of urea groups is 1. The number of halogens is 1. The maximum Gasteiger partial charge on any atom is 0.322 e. The molecule has 5 nitrogen and oxygen atoms in total. The molecule has 1 N–H and O–H groups in total. The summed E-state index contributed by atoms with van der Waals surface area (Å²) in [6.07, 6.45) is -0.271. The summed E-state index contributed by atoms with van der Waals surface area (Å²) >= 11 is 0. The third-order valence-corrected chi connectivity index (χ3v) is 4.13. The lowest BCUT2D eigenvalue weighted by Gasteiger charge is -2.33. The van der Waals surface area contributed by atoms with Crippen LogP contribution < -0.4 is 5.32 Å². The maximum absolute atomic E-state index is 14.0. The van der Waals surface area contributed by atoms with Gasteiger partial charge in [-0.05, 0) is 17.7 Å². The molecule has 1 atom stereocenters. The Kier molecular flexibility index (Phi) is 5.26. The Hall–Kier alpha value is -2.91. The number of nitrogens with zero attached hydrogens (tertiary/aromatic N) is 2. The van der Waals surface area contributed by atoms with Crippen molar-refractivity contribution in [3.8, 4) is 6.07 Å². The van der Waals surface area contributed by atoms with Gasteiger partial charge in [-0.15, -0.1) is 0 Å². The van der Waals surface area contributed by atoms with Crippen molar-refractivity contribution in [2.45, 2.75) is 12.5 Å². The van der Waals surface area contributed by atoms with Crippen molar-refractivity contribution < 1.29 is 13.9 Å². The van der Waals surface area contributed by atoms with Gasteiger partial charge in [0.25, 0.3) is 0 Å². The predicted molar refractivity (Wildman–Crippen MR) is 91.4 cm³/mol. The molecular formula is C19H18FN3O2. The minimum Gasteiger partial charge on any atom is -0.370 e. The van der Waals surface area contributed by atoms with Crippen LogP contribution in [0, 0.1) is 17.1 Å². The van der Waals surface area contributed by atoms with Gasteiger partial charge in [0.1, 0.15) is 11.9 Å². The lowest BCUT2D eigenvalue weighted by atomic mass is 10.1. The number of benzene rings is 2. The van der Waals surface area contributed by atoms with Gasteiger partial charge in [0.15, 0.2) is 0 Å². The number of para-hydroxylation sites is 1. The summed E-state index contributed by atoms with van der Waals surface area (Å²) in [6, 6.07) is 15.4. The Balaban J connectivity index is 1.71. The van der Waals surface area contributed by atoms with E-state index in [4.69, 9.17) is 10.00 Å². The van der Waals surface area contributed by atoms with E-state index in [1.165, 1.54) is 6.07 Å². The Morgan fingerprint density at radius 1 is 1.28 bits per heavy atom. The first kappa shape index (κ1) is 16.9. The maximum atomic E-state index is 14.0. The summed E-state index contributed by atoms with van der Waals surface area (Å²) in [7, 11) is 0. The van der Waals surface area contributed by atoms with E-state index in [9.17, 15) is 9.18 Å². The number of rotatable bonds is 3. The Labute approximate surface area is 145 Å². The van der Waals surface area contributed by atoms with Gasteiger partial charge in [-0.2, -0.15) is 5.26 Å². The molecule has 1 heterocycles. The fourth-order valence-electron chi connectivity index (χ4n) is 2.83. The molecule has 0 bridgehead atoms. The standard InChI is InChI=1S/C19H18FN3O2/c20-16-7-3-2-6-15(16)18-13-23(11-12-25-18)19(24)22-17-8-4-1-5-14(17)9-10-21/h1-8,18H,9,11-13H2,(H,22,24)/t18-/m1/s1. The monoisotopic (exact) mass is 339 g/mol. The summed E-state index contributed by atoms with van der Waals surface area (Å²) in [5.41, 5.74) is 1.82. The third-order valence-electron chi connectivity index (χ3n) is 4.13. The summed E-state index contributed by atoms with van der Waals surface area (Å²) in [4.78, 5) is 14.2. The Morgan fingerprint density at radius 3 is 2.84 bits per heavy atom. The van der Waals surface area contributed by atoms with Crippen LogP contribution in [-0.4, -0.2) is 30.6 Å². The predicted octanol–water partition coefficient (Wildman–Crippen LogP) is 3.50. The number of carbonyl (C=O) groups excluding carboxylic acids is 1. The lowest BCUT2D eigenvalue weighted by Crippen LogP contribution is -2.44. The lowest BCUT2D eigenvalue weighted by molar-refractivity contribution is -0.0152. The van der Waals surface area contributed by atoms with Gasteiger partial charge in [0.05, 0.1) is 25.6 Å². The normalized spacial score (nSPS) is 17.0. The minimum atomic E-state index is -0.491. The van der Waals surface area contributed by atoms with Crippen LogP contribution in [0.4, 0.5) is 14.9 Å². The molecule has 0 aliphatic carbocycles. The number of nitriles is 1. The fourth-order valence-corrected chi connectivity index (χ4v) is 2.83. The van der Waals surface area contributed by atoms with Crippen LogP contribution >= 0.6 is 0 Å². The summed E-state index contributed by atoms with van der Waals surface area (Å²) in [5.74, 6) is -0.339. The molecule has 1 aliphatic rings. The van der Waals surface area contributed by atoms with Gasteiger partial charge in [-0.3, -0.25) is 0 Å². The number of hydrogen-bond donors (Lipinski definition) is 1. The van der Waals surface area contributed by atoms with E-state index < -0.39 is 6.10 Å². The third kappa shape index (κ3) is 3.95. The molecule has 1 saturated heterocycles. The van der Waals surface area contributed by atoms with Crippen molar-refractivity contribution >= 4 is 11.7 Å². The molecule has 2 aromatic carbocycles. The van der Waals surface area contributed by atoms with E-state index in [1.54, 1.807) is 41.3 Å². The van der Waals surface area contributed by atoms with E-state index in [-0.39, 0.29) is 24.8 Å². The zero-order valence-corrected chi connectivity index (χ0v) is 13.6. The smallest absolute Gasteiger partial charge is 0.322 e. The number of nitrogens with one attached hydrogen (secondary N) is 1. The molecular weight excluding hydrogens is 321 g/mol. The molecule has 1 fully saturated rings. The highest BCUT2D eigenvalue weighted by Gasteiger charge is 2.27.